The molecule has 0 bridgehead atoms. The van der Waals surface area contributed by atoms with E-state index in [0.717, 1.165) is 5.75 Å². The van der Waals surface area contributed by atoms with Gasteiger partial charge in [-0.05, 0) is 36.4 Å². The number of para-hydroxylation sites is 1. The Kier molecular flexibility index (Phi) is 5.20. The van der Waals surface area contributed by atoms with Crippen molar-refractivity contribution in [3.05, 3.63) is 48.5 Å². The fourth-order valence-electron chi connectivity index (χ4n) is 2.11. The van der Waals surface area contributed by atoms with Gasteiger partial charge < -0.3 is 15.2 Å². The minimum atomic E-state index is -0.163. The number of carbonyl (C=O) groups excluding carboxylic acids is 1. The molecule has 1 aromatic heterocycles. The number of thioether (sulfide) groups is 1. The standard InChI is InChI=1S/C17H16N4O3S/c1-24-12-8-6-11(7-9-12)18-15(23)10-25-17-19-16(20-21-17)13-4-2-3-5-14(13)22/h2-9,22H,10H2,1H3,(H,18,23)(H,19,20,21). The third-order valence-electron chi connectivity index (χ3n) is 3.33. The molecule has 8 heteroatoms. The molecule has 3 N–H and O–H groups in total. The molecule has 3 aromatic rings. The maximum atomic E-state index is 12.0. The van der Waals surface area contributed by atoms with Crippen molar-refractivity contribution in [2.45, 2.75) is 5.16 Å². The average molecular weight is 356 g/mol. The monoisotopic (exact) mass is 356 g/mol. The smallest absolute Gasteiger partial charge is 0.234 e. The zero-order chi connectivity index (χ0) is 17.6. The predicted molar refractivity (Wildman–Crippen MR) is 95.8 cm³/mol. The lowest BCUT2D eigenvalue weighted by molar-refractivity contribution is -0.113. The van der Waals surface area contributed by atoms with Crippen molar-refractivity contribution >= 4 is 23.4 Å². The summed E-state index contributed by atoms with van der Waals surface area (Å²) in [6.07, 6.45) is 0. The molecule has 0 aliphatic heterocycles. The molecule has 0 saturated heterocycles. The Balaban J connectivity index is 1.56. The van der Waals surface area contributed by atoms with E-state index in [2.05, 4.69) is 20.5 Å². The topological polar surface area (TPSA) is 100 Å². The highest BCUT2D eigenvalue weighted by Gasteiger charge is 2.11. The van der Waals surface area contributed by atoms with Crippen molar-refractivity contribution in [1.29, 1.82) is 0 Å². The van der Waals surface area contributed by atoms with Crippen molar-refractivity contribution in [1.82, 2.24) is 15.2 Å². The van der Waals surface area contributed by atoms with E-state index in [1.165, 1.54) is 11.8 Å². The number of anilines is 1. The van der Waals surface area contributed by atoms with Gasteiger partial charge in [-0.3, -0.25) is 9.89 Å². The molecule has 0 atom stereocenters. The molecule has 0 radical (unpaired) electrons. The largest absolute Gasteiger partial charge is 0.507 e. The number of hydrogen-bond acceptors (Lipinski definition) is 6. The number of aromatic amines is 1. The first kappa shape index (κ1) is 16.8. The van der Waals surface area contributed by atoms with Gasteiger partial charge in [0.1, 0.15) is 11.5 Å². The predicted octanol–water partition coefficient (Wildman–Crippen LogP) is 2.92. The molecule has 0 spiro atoms. The summed E-state index contributed by atoms with van der Waals surface area (Å²) in [6.45, 7) is 0. The quantitative estimate of drug-likeness (QED) is 0.587. The van der Waals surface area contributed by atoms with Crippen molar-refractivity contribution < 1.29 is 14.6 Å². The van der Waals surface area contributed by atoms with Gasteiger partial charge in [0.05, 0.1) is 18.4 Å². The number of hydrogen-bond donors (Lipinski definition) is 3. The van der Waals surface area contributed by atoms with Crippen LogP contribution >= 0.6 is 11.8 Å². The van der Waals surface area contributed by atoms with Crippen LogP contribution in [-0.4, -0.2) is 39.1 Å². The number of phenols is 1. The Labute approximate surface area is 148 Å². The van der Waals surface area contributed by atoms with Gasteiger partial charge in [-0.15, -0.1) is 5.10 Å². The van der Waals surface area contributed by atoms with Gasteiger partial charge in [0.15, 0.2) is 5.82 Å². The van der Waals surface area contributed by atoms with E-state index in [0.29, 0.717) is 22.2 Å². The Morgan fingerprint density at radius 3 is 2.72 bits per heavy atom. The van der Waals surface area contributed by atoms with Crippen molar-refractivity contribution in [2.24, 2.45) is 0 Å². The van der Waals surface area contributed by atoms with E-state index in [-0.39, 0.29) is 17.4 Å². The summed E-state index contributed by atoms with van der Waals surface area (Å²) >= 11 is 1.20. The Morgan fingerprint density at radius 2 is 2.00 bits per heavy atom. The minimum Gasteiger partial charge on any atom is -0.507 e. The van der Waals surface area contributed by atoms with E-state index in [9.17, 15) is 9.90 Å². The zero-order valence-electron chi connectivity index (χ0n) is 13.4. The molecule has 25 heavy (non-hydrogen) atoms. The number of H-pyrrole nitrogens is 1. The van der Waals surface area contributed by atoms with Gasteiger partial charge in [0.2, 0.25) is 11.1 Å². The third kappa shape index (κ3) is 4.30. The normalized spacial score (nSPS) is 10.4. The lowest BCUT2D eigenvalue weighted by Gasteiger charge is -2.05. The fourth-order valence-corrected chi connectivity index (χ4v) is 2.71. The third-order valence-corrected chi connectivity index (χ3v) is 4.18. The number of benzene rings is 2. The van der Waals surface area contributed by atoms with Crippen LogP contribution in [0.3, 0.4) is 0 Å². The van der Waals surface area contributed by atoms with Crippen LogP contribution in [0.5, 0.6) is 11.5 Å². The van der Waals surface area contributed by atoms with Crippen LogP contribution < -0.4 is 10.1 Å². The number of aromatic nitrogens is 3. The van der Waals surface area contributed by atoms with Gasteiger partial charge in [-0.2, -0.15) is 0 Å². The molecule has 128 valence electrons. The lowest BCUT2D eigenvalue weighted by Crippen LogP contribution is -2.14. The molecule has 0 aliphatic rings. The first-order valence-electron chi connectivity index (χ1n) is 7.43. The first-order chi connectivity index (χ1) is 12.2. The van der Waals surface area contributed by atoms with Gasteiger partial charge in [-0.1, -0.05) is 23.9 Å². The second kappa shape index (κ2) is 7.71. The summed E-state index contributed by atoms with van der Waals surface area (Å²) in [5.41, 5.74) is 1.25. The molecule has 0 aliphatic carbocycles. The summed E-state index contributed by atoms with van der Waals surface area (Å²) in [7, 11) is 1.59. The second-order valence-electron chi connectivity index (χ2n) is 5.05. The van der Waals surface area contributed by atoms with Crippen LogP contribution in [-0.2, 0) is 4.79 Å². The Morgan fingerprint density at radius 1 is 1.24 bits per heavy atom. The van der Waals surface area contributed by atoms with Crippen LogP contribution in [0.1, 0.15) is 0 Å². The molecule has 0 unspecified atom stereocenters. The molecule has 7 nitrogen and oxygen atoms in total. The number of nitrogens with one attached hydrogen (secondary N) is 2. The Bertz CT molecular complexity index is 864. The van der Waals surface area contributed by atoms with Gasteiger partial charge in [0, 0.05) is 5.69 Å². The maximum absolute atomic E-state index is 12.0. The van der Waals surface area contributed by atoms with Crippen molar-refractivity contribution in [3.8, 4) is 22.9 Å². The number of phenolic OH excluding ortho intramolecular Hbond substituents is 1. The number of nitrogens with zero attached hydrogens (tertiary/aromatic N) is 2. The zero-order valence-corrected chi connectivity index (χ0v) is 14.2. The molecule has 3 rings (SSSR count). The molecule has 2 aromatic carbocycles. The van der Waals surface area contributed by atoms with Crippen LogP contribution in [0.4, 0.5) is 5.69 Å². The first-order valence-corrected chi connectivity index (χ1v) is 8.42. The highest BCUT2D eigenvalue weighted by molar-refractivity contribution is 7.99. The lowest BCUT2D eigenvalue weighted by atomic mass is 10.2. The van der Waals surface area contributed by atoms with E-state index in [1.807, 2.05) is 0 Å². The van der Waals surface area contributed by atoms with Crippen LogP contribution in [0.25, 0.3) is 11.4 Å². The average Bonchev–Trinajstić information content (AvgIpc) is 3.10. The molecular formula is C17H16N4O3S. The summed E-state index contributed by atoms with van der Waals surface area (Å²) in [4.78, 5) is 16.3. The maximum Gasteiger partial charge on any atom is 0.234 e. The molecule has 1 amide bonds. The summed E-state index contributed by atoms with van der Waals surface area (Å²) in [5, 5.41) is 19.9. The highest BCUT2D eigenvalue weighted by atomic mass is 32.2. The molecular weight excluding hydrogens is 340 g/mol. The van der Waals surface area contributed by atoms with E-state index >= 15 is 0 Å². The number of amides is 1. The van der Waals surface area contributed by atoms with Crippen LogP contribution in [0.15, 0.2) is 53.7 Å². The van der Waals surface area contributed by atoms with Crippen molar-refractivity contribution in [2.75, 3.05) is 18.2 Å². The number of carbonyl (C=O) groups is 1. The van der Waals surface area contributed by atoms with Gasteiger partial charge in [-0.25, -0.2) is 4.98 Å². The number of aromatic hydroxyl groups is 1. The van der Waals surface area contributed by atoms with Crippen molar-refractivity contribution in [3.63, 3.8) is 0 Å². The summed E-state index contributed by atoms with van der Waals surface area (Å²) in [5.74, 6) is 1.31. The van der Waals surface area contributed by atoms with E-state index in [4.69, 9.17) is 4.74 Å². The fraction of sp³-hybridized carbons (Fsp3) is 0.118. The van der Waals surface area contributed by atoms with E-state index in [1.54, 1.807) is 55.6 Å². The molecule has 0 fully saturated rings. The summed E-state index contributed by atoms with van der Waals surface area (Å²) in [6, 6.07) is 13.9. The van der Waals surface area contributed by atoms with Gasteiger partial charge in [0.25, 0.3) is 0 Å². The number of methoxy groups -OCH3 is 1. The van der Waals surface area contributed by atoms with Crippen LogP contribution in [0.2, 0.25) is 0 Å². The van der Waals surface area contributed by atoms with Crippen LogP contribution in [0, 0.1) is 0 Å². The molecule has 1 heterocycles. The summed E-state index contributed by atoms with van der Waals surface area (Å²) < 4.78 is 5.07. The van der Waals surface area contributed by atoms with E-state index < -0.39 is 0 Å². The second-order valence-corrected chi connectivity index (χ2v) is 5.99. The SMILES string of the molecule is COc1ccc(NC(=O)CSc2n[nH]c(-c3ccccc3O)n2)cc1. The highest BCUT2D eigenvalue weighted by Crippen LogP contribution is 2.27. The molecule has 0 saturated carbocycles. The number of ether oxygens (including phenoxy) is 1. The van der Waals surface area contributed by atoms with Gasteiger partial charge >= 0.3 is 0 Å². The Hall–Kier alpha value is -3.00. The number of rotatable bonds is 6. The minimum absolute atomic E-state index is 0.118.